The third-order valence-corrected chi connectivity index (χ3v) is 5.94. The van der Waals surface area contributed by atoms with Crippen molar-refractivity contribution in [2.75, 3.05) is 23.9 Å². The molecule has 1 atom stereocenters. The number of methoxy groups -OCH3 is 1. The normalized spacial score (nSPS) is 15.6. The number of anilines is 2. The van der Waals surface area contributed by atoms with Gasteiger partial charge in [-0.1, -0.05) is 18.2 Å². The van der Waals surface area contributed by atoms with E-state index in [2.05, 4.69) is 15.2 Å². The van der Waals surface area contributed by atoms with Crippen molar-refractivity contribution in [1.82, 2.24) is 15.0 Å². The number of hydrogen-bond acceptors (Lipinski definition) is 6. The van der Waals surface area contributed by atoms with Gasteiger partial charge in [0, 0.05) is 29.9 Å². The fourth-order valence-corrected chi connectivity index (χ4v) is 4.33. The Morgan fingerprint density at radius 1 is 1.12 bits per heavy atom. The number of nitrogens with zero attached hydrogens (tertiary/aromatic N) is 4. The second-order valence-electron chi connectivity index (χ2n) is 8.17. The van der Waals surface area contributed by atoms with Crippen LogP contribution in [0.15, 0.2) is 67.0 Å². The fourth-order valence-electron chi connectivity index (χ4n) is 4.33. The maximum atomic E-state index is 13.4. The molecule has 0 radical (unpaired) electrons. The maximum absolute atomic E-state index is 13.4. The molecule has 1 N–H and O–H groups in total. The largest absolute Gasteiger partial charge is 0.495 e. The topological polar surface area (TPSA) is 80.2 Å². The second kappa shape index (κ2) is 8.86. The van der Waals surface area contributed by atoms with E-state index in [-0.39, 0.29) is 11.9 Å². The highest BCUT2D eigenvalue weighted by molar-refractivity contribution is 6.00. The zero-order valence-corrected chi connectivity index (χ0v) is 18.7. The van der Waals surface area contributed by atoms with Crippen molar-refractivity contribution in [3.05, 3.63) is 72.6 Å². The number of pyridine rings is 1. The van der Waals surface area contributed by atoms with Gasteiger partial charge in [-0.2, -0.15) is 0 Å². The smallest absolute Gasteiger partial charge is 0.247 e. The van der Waals surface area contributed by atoms with E-state index in [1.165, 1.54) is 0 Å². The van der Waals surface area contributed by atoms with Crippen molar-refractivity contribution in [2.45, 2.75) is 25.8 Å². The molecule has 2 aromatic carbocycles. The lowest BCUT2D eigenvalue weighted by Gasteiger charge is -2.26. The average Bonchev–Trinajstić information content (AvgIpc) is 3.34. The number of amides is 1. The van der Waals surface area contributed by atoms with Gasteiger partial charge >= 0.3 is 0 Å². The van der Waals surface area contributed by atoms with Crippen LogP contribution in [-0.2, 0) is 4.79 Å². The van der Waals surface area contributed by atoms with Gasteiger partial charge in [0.15, 0.2) is 5.82 Å². The number of carbonyl (C=O) groups is 1. The quantitative estimate of drug-likeness (QED) is 0.489. The van der Waals surface area contributed by atoms with Crippen LogP contribution < -0.4 is 15.0 Å². The third-order valence-electron chi connectivity index (χ3n) is 5.94. The predicted molar refractivity (Wildman–Crippen MR) is 129 cm³/mol. The second-order valence-corrected chi connectivity index (χ2v) is 8.17. The molecule has 1 aliphatic heterocycles. The molecule has 1 amide bonds. The lowest BCUT2D eigenvalue weighted by molar-refractivity contribution is -0.117. The Bertz CT molecular complexity index is 1310. The lowest BCUT2D eigenvalue weighted by Crippen LogP contribution is -2.40. The summed E-state index contributed by atoms with van der Waals surface area (Å²) in [4.78, 5) is 29.4. The molecule has 166 valence electrons. The molecule has 1 aliphatic rings. The van der Waals surface area contributed by atoms with Gasteiger partial charge in [-0.15, -0.1) is 0 Å². The van der Waals surface area contributed by atoms with Crippen LogP contribution in [0.2, 0.25) is 0 Å². The number of aromatic nitrogens is 3. The molecular formula is C26H25N5O2. The number of hydrogen-bond donors (Lipinski definition) is 1. The Balaban J connectivity index is 1.53. The summed E-state index contributed by atoms with van der Waals surface area (Å²) in [6, 6.07) is 17.2. The van der Waals surface area contributed by atoms with Gasteiger partial charge in [0.1, 0.15) is 17.6 Å². The monoisotopic (exact) mass is 439 g/mol. The Morgan fingerprint density at radius 3 is 2.82 bits per heavy atom. The van der Waals surface area contributed by atoms with Gasteiger partial charge in [0.25, 0.3) is 0 Å². The molecule has 0 aliphatic carbocycles. The number of para-hydroxylation sites is 1. The molecule has 33 heavy (non-hydrogen) atoms. The van der Waals surface area contributed by atoms with Crippen molar-refractivity contribution in [2.24, 2.45) is 0 Å². The van der Waals surface area contributed by atoms with Gasteiger partial charge in [-0.05, 0) is 61.7 Å². The van der Waals surface area contributed by atoms with E-state index < -0.39 is 0 Å². The summed E-state index contributed by atoms with van der Waals surface area (Å²) in [7, 11) is 1.61. The van der Waals surface area contributed by atoms with Crippen molar-refractivity contribution in [3.8, 4) is 17.1 Å². The summed E-state index contributed by atoms with van der Waals surface area (Å²) in [5.74, 6) is 1.95. The Kier molecular flexibility index (Phi) is 5.60. The van der Waals surface area contributed by atoms with Crippen LogP contribution in [-0.4, -0.2) is 40.6 Å². The summed E-state index contributed by atoms with van der Waals surface area (Å²) in [6.45, 7) is 2.74. The van der Waals surface area contributed by atoms with E-state index in [9.17, 15) is 4.79 Å². The number of rotatable bonds is 5. The van der Waals surface area contributed by atoms with Crippen molar-refractivity contribution in [3.63, 3.8) is 0 Å². The standard InChI is InChI=1S/C26H25N5O2/c1-17-11-12-23(33-2)21(15-17)29-26(32)22-10-6-14-31(22)25-19-8-3-4-9-20(19)28-24(30-25)18-7-5-13-27-16-18/h3-5,7-9,11-13,15-16,22H,6,10,14H2,1-2H3,(H,29,32). The van der Waals surface area contributed by atoms with Crippen molar-refractivity contribution < 1.29 is 9.53 Å². The Morgan fingerprint density at radius 2 is 2.00 bits per heavy atom. The van der Waals surface area contributed by atoms with Crippen LogP contribution in [0, 0.1) is 6.92 Å². The van der Waals surface area contributed by atoms with Gasteiger partial charge in [0.05, 0.1) is 18.3 Å². The molecule has 1 saturated heterocycles. The highest BCUT2D eigenvalue weighted by Gasteiger charge is 2.33. The molecule has 7 heteroatoms. The van der Waals surface area contributed by atoms with E-state index in [0.29, 0.717) is 17.3 Å². The van der Waals surface area contributed by atoms with Gasteiger partial charge in [-0.3, -0.25) is 9.78 Å². The molecule has 0 spiro atoms. The zero-order chi connectivity index (χ0) is 22.8. The Labute approximate surface area is 192 Å². The molecule has 2 aromatic heterocycles. The minimum Gasteiger partial charge on any atom is -0.495 e. The van der Waals surface area contributed by atoms with Gasteiger partial charge in [-0.25, -0.2) is 9.97 Å². The number of benzene rings is 2. The van der Waals surface area contributed by atoms with E-state index in [0.717, 1.165) is 47.2 Å². The summed E-state index contributed by atoms with van der Waals surface area (Å²) in [6.07, 6.45) is 5.14. The van der Waals surface area contributed by atoms with E-state index in [1.54, 1.807) is 19.5 Å². The van der Waals surface area contributed by atoms with E-state index >= 15 is 0 Å². The minimum atomic E-state index is -0.338. The summed E-state index contributed by atoms with van der Waals surface area (Å²) in [5, 5.41) is 4.01. The summed E-state index contributed by atoms with van der Waals surface area (Å²) < 4.78 is 5.44. The number of fused-ring (bicyclic) bond motifs is 1. The molecule has 5 rings (SSSR count). The Hall–Kier alpha value is -4.00. The minimum absolute atomic E-state index is 0.0676. The molecule has 0 saturated carbocycles. The molecule has 0 bridgehead atoms. The summed E-state index contributed by atoms with van der Waals surface area (Å²) >= 11 is 0. The first-order valence-corrected chi connectivity index (χ1v) is 11.0. The molecule has 4 aromatic rings. The number of ether oxygens (including phenoxy) is 1. The highest BCUT2D eigenvalue weighted by Crippen LogP contribution is 2.33. The average molecular weight is 440 g/mol. The van der Waals surface area contributed by atoms with Crippen LogP contribution in [0.5, 0.6) is 5.75 Å². The van der Waals surface area contributed by atoms with E-state index in [4.69, 9.17) is 14.7 Å². The first-order valence-electron chi connectivity index (χ1n) is 11.0. The number of carbonyl (C=O) groups excluding carboxylic acids is 1. The number of aryl methyl sites for hydroxylation is 1. The van der Waals surface area contributed by atoms with Gasteiger partial charge < -0.3 is 15.0 Å². The molecule has 1 unspecified atom stereocenters. The molecule has 3 heterocycles. The first-order chi connectivity index (χ1) is 16.1. The molecule has 7 nitrogen and oxygen atoms in total. The van der Waals surface area contributed by atoms with Crippen LogP contribution >= 0.6 is 0 Å². The first kappa shape index (κ1) is 20.9. The fraction of sp³-hybridized carbons (Fsp3) is 0.231. The van der Waals surface area contributed by atoms with Crippen LogP contribution in [0.25, 0.3) is 22.3 Å². The van der Waals surface area contributed by atoms with E-state index in [1.807, 2.05) is 61.5 Å². The molecule has 1 fully saturated rings. The lowest BCUT2D eigenvalue weighted by atomic mass is 10.1. The zero-order valence-electron chi connectivity index (χ0n) is 18.7. The third kappa shape index (κ3) is 4.09. The van der Waals surface area contributed by atoms with Crippen molar-refractivity contribution in [1.29, 1.82) is 0 Å². The van der Waals surface area contributed by atoms with Gasteiger partial charge in [0.2, 0.25) is 5.91 Å². The van der Waals surface area contributed by atoms with Crippen molar-refractivity contribution >= 4 is 28.3 Å². The van der Waals surface area contributed by atoms with Crippen LogP contribution in [0.4, 0.5) is 11.5 Å². The van der Waals surface area contributed by atoms with Crippen LogP contribution in [0.1, 0.15) is 18.4 Å². The summed E-state index contributed by atoms with van der Waals surface area (Å²) in [5.41, 5.74) is 3.41. The van der Waals surface area contributed by atoms with Crippen LogP contribution in [0.3, 0.4) is 0 Å². The predicted octanol–water partition coefficient (Wildman–Crippen LogP) is 4.62. The highest BCUT2D eigenvalue weighted by atomic mass is 16.5. The molecular weight excluding hydrogens is 414 g/mol. The SMILES string of the molecule is COc1ccc(C)cc1NC(=O)C1CCCN1c1nc(-c2cccnc2)nc2ccccc12. The number of nitrogens with one attached hydrogen (secondary N) is 1. The maximum Gasteiger partial charge on any atom is 0.247 e.